The van der Waals surface area contributed by atoms with E-state index < -0.39 is 5.97 Å². The second kappa shape index (κ2) is 16.8. The molecule has 0 spiro atoms. The largest absolute Gasteiger partial charge is 0.487 e. The summed E-state index contributed by atoms with van der Waals surface area (Å²) in [5.41, 5.74) is 3.82. The van der Waals surface area contributed by atoms with Crippen LogP contribution in [-0.2, 0) is 4.74 Å². The average molecular weight is 531 g/mol. The first-order valence-electron chi connectivity index (χ1n) is 14.8. The molecule has 3 aromatic carbocycles. The third kappa shape index (κ3) is 10.2. The van der Waals surface area contributed by atoms with Crippen LogP contribution in [0.2, 0.25) is 0 Å². The summed E-state index contributed by atoms with van der Waals surface area (Å²) in [6, 6.07) is 23.3. The Morgan fingerprint density at radius 3 is 1.92 bits per heavy atom. The molecule has 0 heterocycles. The van der Waals surface area contributed by atoms with Crippen LogP contribution in [0.15, 0.2) is 72.8 Å². The highest BCUT2D eigenvalue weighted by molar-refractivity contribution is 5.92. The van der Waals surface area contributed by atoms with Crippen molar-refractivity contribution in [1.29, 1.82) is 0 Å². The highest BCUT2D eigenvalue weighted by Crippen LogP contribution is 2.29. The van der Waals surface area contributed by atoms with Gasteiger partial charge in [0, 0.05) is 6.61 Å². The quantitative estimate of drug-likeness (QED) is 0.0989. The van der Waals surface area contributed by atoms with Gasteiger partial charge in [0.2, 0.25) is 0 Å². The summed E-state index contributed by atoms with van der Waals surface area (Å²) in [5, 5.41) is 0. The molecule has 0 saturated carbocycles. The van der Waals surface area contributed by atoms with Crippen LogP contribution in [0, 0.1) is 0 Å². The molecule has 0 saturated heterocycles. The first-order chi connectivity index (χ1) is 19.0. The molecule has 0 aliphatic carbocycles. The van der Waals surface area contributed by atoms with E-state index in [4.69, 9.17) is 14.2 Å². The van der Waals surface area contributed by atoms with E-state index in [0.29, 0.717) is 17.1 Å². The second-order valence-corrected chi connectivity index (χ2v) is 10.4. The number of benzene rings is 3. The molecule has 39 heavy (non-hydrogen) atoms. The Hall–Kier alpha value is -3.11. The van der Waals surface area contributed by atoms with Crippen LogP contribution in [0.5, 0.6) is 11.5 Å². The zero-order valence-electron chi connectivity index (χ0n) is 24.3. The van der Waals surface area contributed by atoms with Crippen molar-refractivity contribution < 1.29 is 19.0 Å². The number of esters is 1. The zero-order valence-corrected chi connectivity index (χ0v) is 24.3. The van der Waals surface area contributed by atoms with E-state index in [0.717, 1.165) is 37.0 Å². The van der Waals surface area contributed by atoms with Gasteiger partial charge in [0.05, 0.1) is 17.8 Å². The molecule has 0 aliphatic rings. The van der Waals surface area contributed by atoms with Gasteiger partial charge in [0.1, 0.15) is 0 Å². The van der Waals surface area contributed by atoms with Crippen molar-refractivity contribution in [3.63, 3.8) is 0 Å². The summed E-state index contributed by atoms with van der Waals surface area (Å²) in [4.78, 5) is 12.8. The van der Waals surface area contributed by atoms with Gasteiger partial charge in [-0.05, 0) is 67.6 Å². The molecule has 4 nitrogen and oxygen atoms in total. The maximum atomic E-state index is 12.8. The average Bonchev–Trinajstić information content (AvgIpc) is 2.95. The van der Waals surface area contributed by atoms with E-state index >= 15 is 0 Å². The van der Waals surface area contributed by atoms with Crippen molar-refractivity contribution in [2.75, 3.05) is 6.61 Å². The van der Waals surface area contributed by atoms with Gasteiger partial charge in [-0.3, -0.25) is 0 Å². The maximum Gasteiger partial charge on any atom is 0.343 e. The normalized spacial score (nSPS) is 12.6. The van der Waals surface area contributed by atoms with Crippen LogP contribution in [0.4, 0.5) is 0 Å². The molecule has 0 amide bonds. The van der Waals surface area contributed by atoms with Gasteiger partial charge in [0.15, 0.2) is 11.5 Å². The van der Waals surface area contributed by atoms with Gasteiger partial charge in [-0.25, -0.2) is 4.79 Å². The predicted octanol–water partition coefficient (Wildman–Crippen LogP) is 9.97. The fourth-order valence-corrected chi connectivity index (χ4v) is 4.63. The number of hydrogen-bond donors (Lipinski definition) is 0. The Balaban J connectivity index is 1.50. The van der Waals surface area contributed by atoms with Crippen molar-refractivity contribution in [3.8, 4) is 22.6 Å². The van der Waals surface area contributed by atoms with E-state index in [2.05, 4.69) is 45.0 Å². The Labute approximate surface area is 235 Å². The highest BCUT2D eigenvalue weighted by atomic mass is 16.6. The summed E-state index contributed by atoms with van der Waals surface area (Å²) in [5.74, 6) is 0.626. The van der Waals surface area contributed by atoms with Crippen molar-refractivity contribution in [2.45, 2.75) is 97.7 Å². The van der Waals surface area contributed by atoms with Crippen molar-refractivity contribution in [3.05, 3.63) is 83.9 Å². The summed E-state index contributed by atoms with van der Waals surface area (Å²) in [6.07, 6.45) is 11.1. The predicted molar refractivity (Wildman–Crippen MR) is 161 cm³/mol. The lowest BCUT2D eigenvalue weighted by molar-refractivity contribution is 0.0627. The van der Waals surface area contributed by atoms with Crippen LogP contribution in [0.3, 0.4) is 0 Å². The Bertz CT molecular complexity index is 1100. The first-order valence-corrected chi connectivity index (χ1v) is 14.8. The monoisotopic (exact) mass is 530 g/mol. The third-order valence-electron chi connectivity index (χ3n) is 7.02. The Morgan fingerprint density at radius 1 is 0.692 bits per heavy atom. The van der Waals surface area contributed by atoms with Gasteiger partial charge < -0.3 is 14.2 Å². The van der Waals surface area contributed by atoms with E-state index in [-0.39, 0.29) is 12.2 Å². The lowest BCUT2D eigenvalue weighted by atomic mass is 10.0. The van der Waals surface area contributed by atoms with Crippen LogP contribution in [-0.4, -0.2) is 18.7 Å². The minimum Gasteiger partial charge on any atom is -0.487 e. The van der Waals surface area contributed by atoms with Crippen molar-refractivity contribution >= 4 is 5.97 Å². The summed E-state index contributed by atoms with van der Waals surface area (Å²) in [6.45, 7) is 9.33. The number of carbonyl (C=O) groups excluding carboxylic acids is 1. The molecule has 0 bridgehead atoms. The molecule has 4 heteroatoms. The van der Waals surface area contributed by atoms with Gasteiger partial charge in [0.25, 0.3) is 0 Å². The summed E-state index contributed by atoms with van der Waals surface area (Å²) in [7, 11) is 0. The third-order valence-corrected chi connectivity index (χ3v) is 7.02. The molecule has 0 aliphatic heterocycles. The maximum absolute atomic E-state index is 12.8. The molecule has 2 atom stereocenters. The lowest BCUT2D eigenvalue weighted by Gasteiger charge is -2.16. The fourth-order valence-electron chi connectivity index (χ4n) is 4.63. The smallest absolute Gasteiger partial charge is 0.343 e. The standard InChI is InChI=1S/C35H46O4/c1-5-7-8-9-10-11-14-26-37-28(4)29-18-20-30(21-19-29)31-22-24-32(25-23-31)35(36)39-34-17-13-12-16-33(34)38-27(3)15-6-2/h12-13,16-25,27-28H,5-11,14-15,26H2,1-4H3. The molecule has 3 aromatic rings. The molecule has 0 radical (unpaired) electrons. The zero-order chi connectivity index (χ0) is 27.9. The molecule has 2 unspecified atom stereocenters. The van der Waals surface area contributed by atoms with E-state index in [1.165, 1.54) is 44.1 Å². The van der Waals surface area contributed by atoms with E-state index in [1.54, 1.807) is 6.07 Å². The first kappa shape index (κ1) is 30.4. The molecule has 0 N–H and O–H groups in total. The van der Waals surface area contributed by atoms with Gasteiger partial charge in [-0.1, -0.05) is 107 Å². The van der Waals surface area contributed by atoms with Gasteiger partial charge in [-0.2, -0.15) is 0 Å². The SMILES string of the molecule is CCCCCCCCCOC(C)c1ccc(-c2ccc(C(=O)Oc3ccccc3OC(C)CCC)cc2)cc1. The van der Waals surface area contributed by atoms with Crippen LogP contribution < -0.4 is 9.47 Å². The molecule has 0 fully saturated rings. The van der Waals surface area contributed by atoms with Crippen LogP contribution in [0.25, 0.3) is 11.1 Å². The van der Waals surface area contributed by atoms with E-state index in [9.17, 15) is 4.79 Å². The lowest BCUT2D eigenvalue weighted by Crippen LogP contribution is -2.14. The topological polar surface area (TPSA) is 44.8 Å². The number of unbranched alkanes of at least 4 members (excludes halogenated alkanes) is 6. The second-order valence-electron chi connectivity index (χ2n) is 10.4. The molecule has 0 aromatic heterocycles. The van der Waals surface area contributed by atoms with Gasteiger partial charge >= 0.3 is 5.97 Å². The minimum atomic E-state index is -0.400. The number of hydrogen-bond acceptors (Lipinski definition) is 4. The highest BCUT2D eigenvalue weighted by Gasteiger charge is 2.14. The Kier molecular flexibility index (Phi) is 13.1. The van der Waals surface area contributed by atoms with Crippen LogP contribution in [0.1, 0.15) is 108 Å². The number of ether oxygens (including phenoxy) is 3. The molecular formula is C35H46O4. The fraction of sp³-hybridized carbons (Fsp3) is 0.457. The molecule has 3 rings (SSSR count). The van der Waals surface area contributed by atoms with Crippen molar-refractivity contribution in [1.82, 2.24) is 0 Å². The summed E-state index contributed by atoms with van der Waals surface area (Å²) < 4.78 is 17.8. The molecule has 210 valence electrons. The molecular weight excluding hydrogens is 484 g/mol. The minimum absolute atomic E-state index is 0.0557. The van der Waals surface area contributed by atoms with Crippen LogP contribution >= 0.6 is 0 Å². The Morgan fingerprint density at radius 2 is 1.28 bits per heavy atom. The number of rotatable bonds is 17. The van der Waals surface area contributed by atoms with E-state index in [1.807, 2.05) is 49.4 Å². The number of carbonyl (C=O) groups is 1. The summed E-state index contributed by atoms with van der Waals surface area (Å²) >= 11 is 0. The van der Waals surface area contributed by atoms with Gasteiger partial charge in [-0.15, -0.1) is 0 Å². The van der Waals surface area contributed by atoms with Crippen molar-refractivity contribution in [2.24, 2.45) is 0 Å². The number of para-hydroxylation sites is 2.